The molecular weight excluding hydrogens is 390 g/mol. The van der Waals surface area contributed by atoms with Gasteiger partial charge in [0.1, 0.15) is 11.8 Å². The number of carbonyl (C=O) groups excluding carboxylic acids is 1. The third kappa shape index (κ3) is 5.79. The Hall–Kier alpha value is -2.42. The van der Waals surface area contributed by atoms with E-state index < -0.39 is 10.0 Å². The number of nitrogens with one attached hydrogen (secondary N) is 1. The van der Waals surface area contributed by atoms with Gasteiger partial charge in [0.15, 0.2) is 6.54 Å². The summed E-state index contributed by atoms with van der Waals surface area (Å²) in [6.45, 7) is 6.55. The molecule has 1 amide bonds. The van der Waals surface area contributed by atoms with Gasteiger partial charge >= 0.3 is 0 Å². The van der Waals surface area contributed by atoms with Crippen LogP contribution in [0.25, 0.3) is 0 Å². The average molecular weight is 421 g/mol. The van der Waals surface area contributed by atoms with E-state index in [9.17, 15) is 13.2 Å². The average Bonchev–Trinajstić information content (AvgIpc) is 2.73. The second-order valence-corrected chi connectivity index (χ2v) is 8.58. The van der Waals surface area contributed by atoms with Gasteiger partial charge in [0, 0.05) is 18.7 Å². The van der Waals surface area contributed by atoms with Crippen LogP contribution in [0.2, 0.25) is 0 Å². The Kier molecular flexibility index (Phi) is 8.19. The molecule has 0 aliphatic heterocycles. The summed E-state index contributed by atoms with van der Waals surface area (Å²) in [6, 6.07) is 14.5. The highest BCUT2D eigenvalue weighted by atomic mass is 32.2. The van der Waals surface area contributed by atoms with Crippen LogP contribution in [0.3, 0.4) is 0 Å². The summed E-state index contributed by atoms with van der Waals surface area (Å²) in [5.41, 5.74) is 1.47. The van der Waals surface area contributed by atoms with Crippen molar-refractivity contribution >= 4 is 21.6 Å². The molecule has 0 aromatic heterocycles. The van der Waals surface area contributed by atoms with Gasteiger partial charge in [-0.25, -0.2) is 8.42 Å². The van der Waals surface area contributed by atoms with Gasteiger partial charge in [0.05, 0.1) is 17.7 Å². The minimum Gasteiger partial charge on any atom is -0.495 e. The molecular formula is C21H30N3O4S+. The van der Waals surface area contributed by atoms with Gasteiger partial charge in [-0.3, -0.25) is 4.79 Å². The maximum absolute atomic E-state index is 12.8. The Bertz CT molecular complexity index is 913. The van der Waals surface area contributed by atoms with E-state index >= 15 is 0 Å². The number of ether oxygens (including phenoxy) is 1. The van der Waals surface area contributed by atoms with E-state index in [1.807, 2.05) is 42.6 Å². The number of hydrogen-bond donors (Lipinski definition) is 2. The van der Waals surface area contributed by atoms with E-state index in [-0.39, 0.29) is 23.4 Å². The first-order valence-electron chi connectivity index (χ1n) is 9.69. The normalized spacial score (nSPS) is 12.6. The number of nitrogens with two attached hydrogens (primary N) is 1. The van der Waals surface area contributed by atoms with Gasteiger partial charge in [-0.15, -0.1) is 0 Å². The SMILES string of the molecule is CCN(CC)S(=O)(=O)c1ccc(OC)c(NC(=O)C[NH2+][C@H](C)c2ccccc2)c1. The van der Waals surface area contributed by atoms with Gasteiger partial charge in [-0.1, -0.05) is 44.2 Å². The molecule has 0 bridgehead atoms. The molecule has 2 aromatic carbocycles. The molecule has 7 nitrogen and oxygen atoms in total. The number of hydrogen-bond acceptors (Lipinski definition) is 4. The Labute approximate surface area is 173 Å². The first kappa shape index (κ1) is 22.9. The number of carbonyl (C=O) groups is 1. The Morgan fingerprint density at radius 1 is 1.14 bits per heavy atom. The highest BCUT2D eigenvalue weighted by Gasteiger charge is 2.23. The molecule has 1 atom stereocenters. The summed E-state index contributed by atoms with van der Waals surface area (Å²) in [7, 11) is -2.15. The van der Waals surface area contributed by atoms with Crippen molar-refractivity contribution in [3.8, 4) is 5.75 Å². The molecule has 0 unspecified atom stereocenters. The molecule has 3 N–H and O–H groups in total. The molecule has 29 heavy (non-hydrogen) atoms. The fourth-order valence-corrected chi connectivity index (χ4v) is 4.52. The van der Waals surface area contributed by atoms with Crippen LogP contribution >= 0.6 is 0 Å². The molecule has 0 saturated carbocycles. The Morgan fingerprint density at radius 2 is 1.79 bits per heavy atom. The number of amides is 1. The minimum absolute atomic E-state index is 0.123. The van der Waals surface area contributed by atoms with Crippen molar-refractivity contribution in [1.29, 1.82) is 0 Å². The van der Waals surface area contributed by atoms with Crippen LogP contribution in [-0.2, 0) is 14.8 Å². The van der Waals surface area contributed by atoms with E-state index in [1.54, 1.807) is 19.9 Å². The molecule has 0 aliphatic rings. The quantitative estimate of drug-likeness (QED) is 0.615. The highest BCUT2D eigenvalue weighted by molar-refractivity contribution is 7.89. The van der Waals surface area contributed by atoms with E-state index in [2.05, 4.69) is 5.32 Å². The second kappa shape index (κ2) is 10.4. The summed E-state index contributed by atoms with van der Waals surface area (Å²) >= 11 is 0. The van der Waals surface area contributed by atoms with Crippen molar-refractivity contribution in [2.45, 2.75) is 31.7 Å². The van der Waals surface area contributed by atoms with Crippen LogP contribution in [0, 0.1) is 0 Å². The fourth-order valence-electron chi connectivity index (χ4n) is 3.04. The van der Waals surface area contributed by atoms with Gasteiger partial charge in [-0.05, 0) is 25.1 Å². The molecule has 0 fully saturated rings. The number of quaternary nitrogens is 1. The van der Waals surface area contributed by atoms with E-state index in [4.69, 9.17) is 4.74 Å². The zero-order valence-corrected chi connectivity index (χ0v) is 18.2. The standard InChI is InChI=1S/C21H29N3O4S/c1-5-24(6-2)29(26,27)18-12-13-20(28-4)19(14-18)23-21(25)15-22-16(3)17-10-8-7-9-11-17/h7-14,16,22H,5-6,15H2,1-4H3,(H,23,25)/p+1/t16-/m1/s1. The van der Waals surface area contributed by atoms with E-state index in [0.29, 0.717) is 24.5 Å². The summed E-state index contributed by atoms with van der Waals surface area (Å²) in [6.07, 6.45) is 0. The molecule has 0 radical (unpaired) electrons. The monoisotopic (exact) mass is 420 g/mol. The van der Waals surface area contributed by atoms with Gasteiger partial charge in [0.2, 0.25) is 10.0 Å². The lowest BCUT2D eigenvalue weighted by atomic mass is 10.1. The number of nitrogens with zero attached hydrogens (tertiary/aromatic N) is 1. The number of benzene rings is 2. The topological polar surface area (TPSA) is 92.3 Å². The summed E-state index contributed by atoms with van der Waals surface area (Å²) in [5, 5.41) is 4.70. The van der Waals surface area contributed by atoms with E-state index in [0.717, 1.165) is 5.56 Å². The van der Waals surface area contributed by atoms with Crippen molar-refractivity contribution < 1.29 is 23.3 Å². The zero-order valence-electron chi connectivity index (χ0n) is 17.4. The predicted octanol–water partition coefficient (Wildman–Crippen LogP) is 1.99. The molecule has 0 aliphatic carbocycles. The van der Waals surface area contributed by atoms with Crippen LogP contribution in [0.4, 0.5) is 5.69 Å². The number of sulfonamides is 1. The zero-order chi connectivity index (χ0) is 21.4. The third-order valence-corrected chi connectivity index (χ3v) is 6.82. The van der Waals surface area contributed by atoms with Gasteiger partial charge in [0.25, 0.3) is 5.91 Å². The maximum atomic E-state index is 12.8. The highest BCUT2D eigenvalue weighted by Crippen LogP contribution is 2.28. The number of anilines is 1. The molecule has 0 heterocycles. The Morgan fingerprint density at radius 3 is 2.38 bits per heavy atom. The molecule has 0 spiro atoms. The first-order chi connectivity index (χ1) is 13.8. The van der Waals surface area contributed by atoms with Crippen molar-refractivity contribution in [3.63, 3.8) is 0 Å². The number of rotatable bonds is 10. The largest absolute Gasteiger partial charge is 0.495 e. The molecule has 8 heteroatoms. The van der Waals surface area contributed by atoms with Crippen LogP contribution in [0.15, 0.2) is 53.4 Å². The summed E-state index contributed by atoms with van der Waals surface area (Å²) in [5.74, 6) is 0.177. The minimum atomic E-state index is -3.63. The van der Waals surface area contributed by atoms with Crippen LogP contribution in [-0.4, -0.2) is 45.4 Å². The lowest BCUT2D eigenvalue weighted by Crippen LogP contribution is -2.86. The van der Waals surface area contributed by atoms with Crippen molar-refractivity contribution in [2.24, 2.45) is 0 Å². The van der Waals surface area contributed by atoms with Crippen molar-refractivity contribution in [2.75, 3.05) is 32.1 Å². The molecule has 158 valence electrons. The molecule has 2 aromatic rings. The lowest BCUT2D eigenvalue weighted by molar-refractivity contribution is -0.682. The van der Waals surface area contributed by atoms with Crippen LogP contribution in [0.5, 0.6) is 5.75 Å². The predicted molar refractivity (Wildman–Crippen MR) is 113 cm³/mol. The van der Waals surface area contributed by atoms with Gasteiger partial charge < -0.3 is 15.4 Å². The third-order valence-electron chi connectivity index (χ3n) is 4.77. The van der Waals surface area contributed by atoms with Crippen LogP contribution in [0.1, 0.15) is 32.4 Å². The smallest absolute Gasteiger partial charge is 0.279 e. The maximum Gasteiger partial charge on any atom is 0.279 e. The Balaban J connectivity index is 2.13. The van der Waals surface area contributed by atoms with Crippen molar-refractivity contribution in [1.82, 2.24) is 4.31 Å². The van der Waals surface area contributed by atoms with Crippen LogP contribution < -0.4 is 15.4 Å². The van der Waals surface area contributed by atoms with Gasteiger partial charge in [-0.2, -0.15) is 4.31 Å². The first-order valence-corrected chi connectivity index (χ1v) is 11.1. The summed E-state index contributed by atoms with van der Waals surface area (Å²) in [4.78, 5) is 12.6. The van der Waals surface area contributed by atoms with E-state index in [1.165, 1.54) is 23.5 Å². The summed E-state index contributed by atoms with van der Waals surface area (Å²) < 4.78 is 32.2. The fraction of sp³-hybridized carbons (Fsp3) is 0.381. The second-order valence-electron chi connectivity index (χ2n) is 6.64. The number of methoxy groups -OCH3 is 1. The van der Waals surface area contributed by atoms with Crippen molar-refractivity contribution in [3.05, 3.63) is 54.1 Å². The molecule has 2 rings (SSSR count). The lowest BCUT2D eigenvalue weighted by Gasteiger charge is -2.19. The molecule has 0 saturated heterocycles.